The third-order valence-electron chi connectivity index (χ3n) is 11.8. The Kier molecular flexibility index (Phi) is 18.3. The maximum atomic E-state index is 12.3. The number of carbonyl (C=O) groups excluding carboxylic acids is 3. The lowest BCUT2D eigenvalue weighted by molar-refractivity contribution is -0.275. The van der Waals surface area contributed by atoms with Crippen LogP contribution in [0.1, 0.15) is 163 Å². The maximum Gasteiger partial charge on any atom is 0.573 e. The quantitative estimate of drug-likeness (QED) is 0.0764. The molecule has 9 rings (SSSR count). The van der Waals surface area contributed by atoms with Gasteiger partial charge in [0.1, 0.15) is 17.2 Å². The van der Waals surface area contributed by atoms with Crippen molar-refractivity contribution >= 4 is 35.8 Å². The second kappa shape index (κ2) is 25.0. The second-order valence-electron chi connectivity index (χ2n) is 17.4. The van der Waals surface area contributed by atoms with E-state index in [9.17, 15) is 53.9 Å². The van der Waals surface area contributed by atoms with Crippen LogP contribution in [0.4, 0.5) is 57.6 Å². The van der Waals surface area contributed by atoms with Crippen LogP contribution >= 0.6 is 0 Å². The van der Waals surface area contributed by atoms with Gasteiger partial charge in [0.2, 0.25) is 17.7 Å². The van der Waals surface area contributed by atoms with Crippen molar-refractivity contribution in [2.75, 3.05) is 16.0 Å². The first kappa shape index (κ1) is 55.0. The Hall–Kier alpha value is -7.74. The number of hydrogen-bond acceptors (Lipinski definition) is 15. The molecule has 0 spiro atoms. The predicted octanol–water partition coefficient (Wildman–Crippen LogP) is 12.8. The number of nitrogens with one attached hydrogen (secondary N) is 3. The number of benzene rings is 3. The Morgan fingerprint density at radius 3 is 0.920 bits per heavy atom. The summed E-state index contributed by atoms with van der Waals surface area (Å²) in [6, 6.07) is 14.0. The van der Waals surface area contributed by atoms with Crippen LogP contribution in [0.25, 0.3) is 0 Å². The highest BCUT2D eigenvalue weighted by Gasteiger charge is 2.34. The van der Waals surface area contributed by atoms with Crippen molar-refractivity contribution in [1.82, 2.24) is 30.6 Å². The molecule has 27 heteroatoms. The van der Waals surface area contributed by atoms with Gasteiger partial charge in [0.05, 0.1) is 0 Å². The van der Waals surface area contributed by atoms with Crippen LogP contribution < -0.4 is 30.2 Å². The molecule has 0 aliphatic heterocycles. The molecular weight excluding hydrogens is 1020 g/mol. The fourth-order valence-corrected chi connectivity index (χ4v) is 8.41. The van der Waals surface area contributed by atoms with Crippen molar-refractivity contribution in [3.63, 3.8) is 0 Å². The predicted molar refractivity (Wildman–Crippen MR) is 244 cm³/mol. The van der Waals surface area contributed by atoms with Gasteiger partial charge in [-0.05, 0) is 93.1 Å². The molecule has 3 aromatic heterocycles. The molecular formula is C48H48F9N9O9. The van der Waals surface area contributed by atoms with Crippen LogP contribution in [-0.2, 0) is 0 Å². The fourth-order valence-electron chi connectivity index (χ4n) is 8.41. The number of rotatable bonds is 12. The van der Waals surface area contributed by atoms with E-state index in [2.05, 4.69) is 60.8 Å². The fraction of sp³-hybridized carbons (Fsp3) is 0.438. The van der Waals surface area contributed by atoms with E-state index in [-0.39, 0.29) is 52.5 Å². The van der Waals surface area contributed by atoms with E-state index in [4.69, 9.17) is 13.3 Å². The lowest BCUT2D eigenvalue weighted by Gasteiger charge is -2.17. The third kappa shape index (κ3) is 17.7. The van der Waals surface area contributed by atoms with Crippen molar-refractivity contribution in [3.05, 3.63) is 107 Å². The Morgan fingerprint density at radius 2 is 0.653 bits per heavy atom. The first-order valence-electron chi connectivity index (χ1n) is 23.7. The summed E-state index contributed by atoms with van der Waals surface area (Å²) in [6.07, 6.45) is 1.46. The molecule has 0 bridgehead atoms. The van der Waals surface area contributed by atoms with Gasteiger partial charge >= 0.3 is 37.1 Å². The van der Waals surface area contributed by atoms with Gasteiger partial charge < -0.3 is 27.5 Å². The summed E-state index contributed by atoms with van der Waals surface area (Å²) in [5.41, 5.74) is -0.0440. The minimum absolute atomic E-state index is 0.0130. The maximum absolute atomic E-state index is 12.3. The molecule has 0 radical (unpaired) electrons. The zero-order chi connectivity index (χ0) is 53.6. The highest BCUT2D eigenvalue weighted by atomic mass is 19.4. The summed E-state index contributed by atoms with van der Waals surface area (Å²) in [5, 5.41) is 30.4. The van der Waals surface area contributed by atoms with E-state index < -0.39 is 54.1 Å². The standard InChI is InChI=1S/C17H18F3N3O3.C16H16F3N3O3.C15H14F3N3O3/c18-17(19,20)26-13-9-5-8-12(10-13)14(24)21-16-23-22-15(25-16)11-6-3-1-2-4-7-11;17-16(18,19)25-12-8-4-7-11(9-12)13(23)20-15-22-21-14(24-15)10-5-2-1-3-6-10;16-15(17,18)24-11-7-3-6-10(8-11)12(22)19-14-21-20-13(23-14)9-4-1-2-5-9/h5,8-11H,1-4,6-7H2,(H,21,23,24);4,7-10H,1-3,5-6H2,(H,20,22,23);3,6-9H,1-2,4-5H2,(H,19,21,22). The van der Waals surface area contributed by atoms with Gasteiger partial charge in [-0.1, -0.05) is 91.3 Å². The number of anilines is 3. The van der Waals surface area contributed by atoms with Gasteiger partial charge in [0, 0.05) is 34.4 Å². The highest BCUT2D eigenvalue weighted by Crippen LogP contribution is 2.36. The van der Waals surface area contributed by atoms with Crippen LogP contribution in [0, 0.1) is 0 Å². The molecule has 3 N–H and O–H groups in total. The molecule has 3 aliphatic rings. The topological polar surface area (TPSA) is 232 Å². The van der Waals surface area contributed by atoms with E-state index in [1.165, 1.54) is 55.7 Å². The van der Waals surface area contributed by atoms with Crippen molar-refractivity contribution in [3.8, 4) is 17.2 Å². The number of halogens is 9. The monoisotopic (exact) mass is 1070 g/mol. The van der Waals surface area contributed by atoms with Gasteiger partial charge in [-0.15, -0.1) is 54.8 Å². The number of nitrogens with zero attached hydrogens (tertiary/aromatic N) is 6. The van der Waals surface area contributed by atoms with Crippen molar-refractivity contribution in [1.29, 1.82) is 0 Å². The molecule has 6 aromatic rings. The lowest BCUT2D eigenvalue weighted by Crippen LogP contribution is -2.18. The molecule has 3 aromatic carbocycles. The summed E-state index contributed by atoms with van der Waals surface area (Å²) in [4.78, 5) is 36.4. The summed E-state index contributed by atoms with van der Waals surface area (Å²) < 4.78 is 138. The number of aromatic nitrogens is 6. The van der Waals surface area contributed by atoms with Gasteiger partial charge in [0.15, 0.2) is 0 Å². The minimum atomic E-state index is -4.82. The normalized spacial score (nSPS) is 15.8. The summed E-state index contributed by atoms with van der Waals surface area (Å²) in [5.74, 6) is -1.42. The molecule has 402 valence electrons. The average Bonchev–Trinajstić information content (AvgIpc) is 4.20. The van der Waals surface area contributed by atoms with Crippen molar-refractivity contribution < 1.29 is 81.4 Å². The number of ether oxygens (including phenoxy) is 3. The molecule has 3 amide bonds. The molecule has 3 saturated carbocycles. The minimum Gasteiger partial charge on any atom is -0.408 e. The largest absolute Gasteiger partial charge is 0.573 e. The van der Waals surface area contributed by atoms with E-state index in [0.29, 0.717) is 17.7 Å². The van der Waals surface area contributed by atoms with Crippen LogP contribution in [0.5, 0.6) is 17.2 Å². The van der Waals surface area contributed by atoms with Crippen molar-refractivity contribution in [2.24, 2.45) is 0 Å². The van der Waals surface area contributed by atoms with Gasteiger partial charge in [0.25, 0.3) is 17.7 Å². The van der Waals surface area contributed by atoms with E-state index >= 15 is 0 Å². The molecule has 75 heavy (non-hydrogen) atoms. The number of amides is 3. The molecule has 3 heterocycles. The highest BCUT2D eigenvalue weighted by molar-refractivity contribution is 6.04. The first-order chi connectivity index (χ1) is 35.7. The molecule has 3 aliphatic carbocycles. The van der Waals surface area contributed by atoms with Crippen LogP contribution in [0.2, 0.25) is 0 Å². The molecule has 0 atom stereocenters. The van der Waals surface area contributed by atoms with Gasteiger partial charge in [-0.25, -0.2) is 0 Å². The third-order valence-corrected chi connectivity index (χ3v) is 11.8. The smallest absolute Gasteiger partial charge is 0.408 e. The van der Waals surface area contributed by atoms with E-state index in [0.717, 1.165) is 113 Å². The SMILES string of the molecule is O=C(Nc1nnc(C2CCCC2)o1)c1cccc(OC(F)(F)F)c1.O=C(Nc1nnc(C2CCCCC2)o1)c1cccc(OC(F)(F)F)c1.O=C(Nc1nnc(C2CCCCCC2)o1)c1cccc(OC(F)(F)F)c1. The second-order valence-corrected chi connectivity index (χ2v) is 17.4. The van der Waals surface area contributed by atoms with Crippen LogP contribution in [0.3, 0.4) is 0 Å². The Labute approximate surface area is 420 Å². The zero-order valence-corrected chi connectivity index (χ0v) is 39.5. The molecule has 3 fully saturated rings. The van der Waals surface area contributed by atoms with Crippen LogP contribution in [0.15, 0.2) is 86.0 Å². The Bertz CT molecular complexity index is 2810. The zero-order valence-electron chi connectivity index (χ0n) is 39.5. The molecule has 18 nitrogen and oxygen atoms in total. The Balaban J connectivity index is 0.000000164. The number of carbonyl (C=O) groups is 3. The summed E-state index contributed by atoms with van der Waals surface area (Å²) in [6.45, 7) is 0. The average molecular weight is 1070 g/mol. The number of alkyl halides is 9. The summed E-state index contributed by atoms with van der Waals surface area (Å²) in [7, 11) is 0. The molecule has 0 saturated heterocycles. The van der Waals surface area contributed by atoms with E-state index in [1.807, 2.05) is 0 Å². The van der Waals surface area contributed by atoms with Gasteiger partial charge in [-0.2, -0.15) is 0 Å². The summed E-state index contributed by atoms with van der Waals surface area (Å²) >= 11 is 0. The molecule has 0 unspecified atom stereocenters. The van der Waals surface area contributed by atoms with Gasteiger partial charge in [-0.3, -0.25) is 30.3 Å². The lowest BCUT2D eigenvalue weighted by atomic mass is 9.89. The Morgan fingerprint density at radius 1 is 0.400 bits per heavy atom. The van der Waals surface area contributed by atoms with E-state index in [1.54, 1.807) is 0 Å². The number of hydrogen-bond donors (Lipinski definition) is 3. The van der Waals surface area contributed by atoms with Crippen molar-refractivity contribution in [2.45, 2.75) is 133 Å². The first-order valence-corrected chi connectivity index (χ1v) is 23.7. The van der Waals surface area contributed by atoms with Crippen LogP contribution in [-0.4, -0.2) is 67.4 Å².